The number of imide groups is 2. The van der Waals surface area contributed by atoms with Gasteiger partial charge in [-0.2, -0.15) is 0 Å². The smallest absolute Gasteiger partial charge is 0.268 e. The molecule has 1 saturated heterocycles. The number of carbonyl (C=O) groups is 4. The number of hydrogen-bond acceptors (Lipinski definition) is 6. The highest BCUT2D eigenvalue weighted by Crippen LogP contribution is 2.44. The Bertz CT molecular complexity index is 835. The zero-order chi connectivity index (χ0) is 27.2. The van der Waals surface area contributed by atoms with Crippen LogP contribution in [0.2, 0.25) is 0 Å². The maximum Gasteiger partial charge on any atom is 0.268 e. The number of carbonyl (C=O) groups excluding carboxylic acids is 4. The fraction of sp³-hybridized carbons (Fsp3) is 0.733. The topological polar surface area (TPSA) is 74.8 Å². The molecule has 1 fully saturated rings. The molecule has 0 aliphatic carbocycles. The largest absolute Gasteiger partial charge is 0.268 e. The normalized spacial score (nSPS) is 17.7. The van der Waals surface area contributed by atoms with Crippen molar-refractivity contribution < 1.29 is 19.2 Å². The molecule has 0 aromatic heterocycles. The Morgan fingerprint density at radius 2 is 0.842 bits per heavy atom. The van der Waals surface area contributed by atoms with Crippen LogP contribution in [0.5, 0.6) is 0 Å². The van der Waals surface area contributed by atoms with Gasteiger partial charge in [0.25, 0.3) is 23.6 Å². The molecule has 38 heavy (non-hydrogen) atoms. The lowest BCUT2D eigenvalue weighted by Gasteiger charge is -2.17. The predicted molar refractivity (Wildman–Crippen MR) is 157 cm³/mol. The minimum Gasteiger partial charge on any atom is -0.268 e. The molecule has 0 spiro atoms. The van der Waals surface area contributed by atoms with Gasteiger partial charge in [0.1, 0.15) is 0 Å². The summed E-state index contributed by atoms with van der Waals surface area (Å²) < 4.78 is 2.09. The molecular formula is C30H46N2O4S2. The average Bonchev–Trinajstić information content (AvgIpc) is 3.35. The summed E-state index contributed by atoms with van der Waals surface area (Å²) in [6, 6.07) is 0. The van der Waals surface area contributed by atoms with Gasteiger partial charge in [-0.3, -0.25) is 19.2 Å². The van der Waals surface area contributed by atoms with Crippen LogP contribution in [0.4, 0.5) is 0 Å². The second kappa shape index (κ2) is 17.2. The van der Waals surface area contributed by atoms with E-state index in [-0.39, 0.29) is 23.6 Å². The minimum absolute atomic E-state index is 0.349. The fourth-order valence-corrected chi connectivity index (χ4v) is 7.53. The molecule has 0 radical (unpaired) electrons. The van der Waals surface area contributed by atoms with Crippen molar-refractivity contribution in [2.24, 2.45) is 5.92 Å². The molecule has 3 rings (SSSR count). The zero-order valence-corrected chi connectivity index (χ0v) is 24.9. The molecular weight excluding hydrogens is 516 g/mol. The highest BCUT2D eigenvalue weighted by Gasteiger charge is 2.45. The first-order valence-corrected chi connectivity index (χ1v) is 17.2. The van der Waals surface area contributed by atoms with Crippen LogP contribution in [0.25, 0.3) is 0 Å². The second-order valence-electron chi connectivity index (χ2n) is 10.9. The third-order valence-corrected chi connectivity index (χ3v) is 10.0. The van der Waals surface area contributed by atoms with Gasteiger partial charge < -0.3 is 0 Å². The molecule has 3 aliphatic heterocycles. The van der Waals surface area contributed by atoms with Crippen LogP contribution in [0.3, 0.4) is 0 Å². The number of unbranched alkanes of at least 4 members (excludes halogenated alkanes) is 18. The van der Waals surface area contributed by atoms with E-state index in [1.165, 1.54) is 115 Å². The highest BCUT2D eigenvalue weighted by atomic mass is 33.1. The Labute approximate surface area is 237 Å². The van der Waals surface area contributed by atoms with Crippen molar-refractivity contribution in [2.45, 2.75) is 135 Å². The molecule has 4 bridgehead atoms. The van der Waals surface area contributed by atoms with Gasteiger partial charge in [0.2, 0.25) is 0 Å². The van der Waals surface area contributed by atoms with E-state index in [0.29, 0.717) is 17.6 Å². The van der Waals surface area contributed by atoms with Crippen molar-refractivity contribution >= 4 is 45.6 Å². The first-order chi connectivity index (χ1) is 18.5. The van der Waals surface area contributed by atoms with E-state index >= 15 is 0 Å². The Kier molecular flexibility index (Phi) is 14.0. The molecule has 0 aromatic carbocycles. The van der Waals surface area contributed by atoms with E-state index in [0.717, 1.165) is 49.8 Å². The lowest BCUT2D eigenvalue weighted by atomic mass is 9.86. The van der Waals surface area contributed by atoms with Crippen LogP contribution in [0.1, 0.15) is 135 Å². The van der Waals surface area contributed by atoms with Crippen LogP contribution >= 0.6 is 22.0 Å². The number of fused-ring (bicyclic) bond motifs is 4. The van der Waals surface area contributed by atoms with E-state index < -0.39 is 5.92 Å². The van der Waals surface area contributed by atoms with Gasteiger partial charge in [0.05, 0.1) is 22.0 Å². The third kappa shape index (κ3) is 9.29. The van der Waals surface area contributed by atoms with Crippen molar-refractivity contribution in [3.05, 3.63) is 23.3 Å². The summed E-state index contributed by atoms with van der Waals surface area (Å²) in [6.07, 6.45) is 28.2. The molecule has 212 valence electrons. The number of nitrogens with zero attached hydrogens (tertiary/aromatic N) is 2. The van der Waals surface area contributed by atoms with E-state index in [9.17, 15) is 19.2 Å². The predicted octanol–water partition coefficient (Wildman–Crippen LogP) is 8.24. The maximum atomic E-state index is 12.8. The van der Waals surface area contributed by atoms with Crippen molar-refractivity contribution in [3.63, 3.8) is 0 Å². The summed E-state index contributed by atoms with van der Waals surface area (Å²) in [7, 11) is 1.68. The molecule has 0 atom stereocenters. The Hall–Kier alpha value is -1.54. The molecule has 3 aliphatic rings. The van der Waals surface area contributed by atoms with Gasteiger partial charge in [0.15, 0.2) is 0 Å². The monoisotopic (exact) mass is 562 g/mol. The highest BCUT2D eigenvalue weighted by molar-refractivity contribution is 8.75. The van der Waals surface area contributed by atoms with Crippen molar-refractivity contribution in [2.75, 3.05) is 0 Å². The van der Waals surface area contributed by atoms with Crippen LogP contribution in [-0.2, 0) is 19.2 Å². The summed E-state index contributed by atoms with van der Waals surface area (Å²) in [6.45, 7) is 2.27. The molecule has 0 unspecified atom stereocenters. The zero-order valence-electron chi connectivity index (χ0n) is 23.2. The summed E-state index contributed by atoms with van der Waals surface area (Å²) in [5.74, 6) is -1.97. The summed E-state index contributed by atoms with van der Waals surface area (Å²) >= 11 is 0. The summed E-state index contributed by atoms with van der Waals surface area (Å²) in [5, 5.41) is 0. The van der Waals surface area contributed by atoms with Crippen LogP contribution in [0, 0.1) is 5.92 Å². The summed E-state index contributed by atoms with van der Waals surface area (Å²) in [4.78, 5) is 50.0. The molecule has 6 nitrogen and oxygen atoms in total. The Morgan fingerprint density at radius 3 is 1.18 bits per heavy atom. The van der Waals surface area contributed by atoms with Crippen LogP contribution in [-0.4, -0.2) is 32.2 Å². The molecule has 3 heterocycles. The van der Waals surface area contributed by atoms with Gasteiger partial charge in [-0.1, -0.05) is 129 Å². The SMILES string of the molecule is CCCCCCCCCCCCCCCCCCCCCC1C2=CC(=O)N(SSN3C(=O)C=C1C3=O)C2=O. The fourth-order valence-electron chi connectivity index (χ4n) is 5.55. The summed E-state index contributed by atoms with van der Waals surface area (Å²) in [5.41, 5.74) is 0.698. The first kappa shape index (κ1) is 31.0. The molecule has 0 aromatic rings. The third-order valence-electron chi connectivity index (χ3n) is 7.85. The molecule has 0 N–H and O–H groups in total. The molecule has 4 amide bonds. The minimum atomic E-state index is -0.483. The van der Waals surface area contributed by atoms with Gasteiger partial charge in [0, 0.05) is 29.2 Å². The lowest BCUT2D eigenvalue weighted by Crippen LogP contribution is -2.25. The van der Waals surface area contributed by atoms with Crippen LogP contribution < -0.4 is 0 Å². The van der Waals surface area contributed by atoms with Gasteiger partial charge in [-0.05, 0) is 6.42 Å². The average molecular weight is 563 g/mol. The first-order valence-electron chi connectivity index (χ1n) is 15.1. The van der Waals surface area contributed by atoms with Crippen molar-refractivity contribution in [1.82, 2.24) is 8.61 Å². The lowest BCUT2D eigenvalue weighted by molar-refractivity contribution is -0.132. The Morgan fingerprint density at radius 1 is 0.526 bits per heavy atom. The molecule has 8 heteroatoms. The molecule has 0 saturated carbocycles. The van der Waals surface area contributed by atoms with Gasteiger partial charge >= 0.3 is 0 Å². The van der Waals surface area contributed by atoms with Gasteiger partial charge in [-0.15, -0.1) is 0 Å². The van der Waals surface area contributed by atoms with Crippen molar-refractivity contribution in [3.8, 4) is 0 Å². The van der Waals surface area contributed by atoms with E-state index in [2.05, 4.69) is 6.92 Å². The quantitative estimate of drug-likeness (QED) is 0.0644. The number of amides is 4. The van der Waals surface area contributed by atoms with Gasteiger partial charge in [-0.25, -0.2) is 8.61 Å². The van der Waals surface area contributed by atoms with Crippen LogP contribution in [0.15, 0.2) is 23.3 Å². The number of hydrogen-bond donors (Lipinski definition) is 0. The van der Waals surface area contributed by atoms with Crippen molar-refractivity contribution in [1.29, 1.82) is 0 Å². The second-order valence-corrected chi connectivity index (χ2v) is 12.9. The Balaban J connectivity index is 1.21. The maximum absolute atomic E-state index is 12.8. The standard InChI is InChI=1S/C30H46N2O4S2/c1-2-3-4-5-6-7-8-9-10-11-12-13-14-15-16-17-18-19-20-21-24-25-22-27(33)31(29(25)35)37-38-32-28(34)23-26(24)30(32)36/h22-24H,2-21H2,1H3. The van der Waals surface area contributed by atoms with E-state index in [1.54, 1.807) is 0 Å². The van der Waals surface area contributed by atoms with E-state index in [4.69, 9.17) is 0 Å². The van der Waals surface area contributed by atoms with E-state index in [1.807, 2.05) is 0 Å². The number of rotatable bonds is 20.